The number of hydrogen-bond donors (Lipinski definition) is 0. The summed E-state index contributed by atoms with van der Waals surface area (Å²) in [5, 5.41) is 0. The summed E-state index contributed by atoms with van der Waals surface area (Å²) in [7, 11) is 0. The average molecular weight is 216 g/mol. The molecule has 2 fully saturated rings. The van der Waals surface area contributed by atoms with Crippen LogP contribution in [-0.2, 0) is 11.3 Å². The Morgan fingerprint density at radius 1 is 1.44 bits per heavy atom. The zero-order valence-corrected chi connectivity index (χ0v) is 9.35. The molecule has 0 unspecified atom stereocenters. The second kappa shape index (κ2) is 3.68. The lowest BCUT2D eigenvalue weighted by molar-refractivity contribution is -0.191. The molecule has 0 radical (unpaired) electrons. The highest BCUT2D eigenvalue weighted by atomic mass is 16.5. The fourth-order valence-corrected chi connectivity index (χ4v) is 2.50. The van der Waals surface area contributed by atoms with Crippen molar-refractivity contribution in [2.45, 2.75) is 6.54 Å². The largest absolute Gasteiger partial charge is 0.380 e. The molecule has 0 N–H and O–H groups in total. The summed E-state index contributed by atoms with van der Waals surface area (Å²) in [5.74, 6) is 0. The van der Waals surface area contributed by atoms with Crippen molar-refractivity contribution in [3.63, 3.8) is 0 Å². The summed E-state index contributed by atoms with van der Waals surface area (Å²) < 4.78 is 5.26. The maximum atomic E-state index is 5.26. The van der Waals surface area contributed by atoms with Crippen LogP contribution in [0.25, 0.3) is 6.08 Å². The number of likely N-dealkylation sites (tertiary alicyclic amines) is 1. The Kier molecular flexibility index (Phi) is 2.30. The number of ether oxygens (including phenoxy) is 1. The molecule has 3 rings (SSSR count). The van der Waals surface area contributed by atoms with E-state index in [-0.39, 0.29) is 0 Å². The van der Waals surface area contributed by atoms with Crippen LogP contribution >= 0.6 is 0 Å². The molecule has 2 aliphatic heterocycles. The predicted octanol–water partition coefficient (Wildman–Crippen LogP) is 1.56. The lowest BCUT2D eigenvalue weighted by Gasteiger charge is -2.55. The van der Waals surface area contributed by atoms with E-state index in [2.05, 4.69) is 22.5 Å². The van der Waals surface area contributed by atoms with Crippen LogP contribution in [0, 0.1) is 5.41 Å². The minimum atomic E-state index is 0.508. The molecule has 1 aromatic rings. The summed E-state index contributed by atoms with van der Waals surface area (Å²) in [6.45, 7) is 8.97. The molecule has 84 valence electrons. The number of nitrogens with zero attached hydrogens (tertiary/aromatic N) is 2. The van der Waals surface area contributed by atoms with Crippen LogP contribution in [0.5, 0.6) is 0 Å². The number of pyridine rings is 1. The van der Waals surface area contributed by atoms with Crippen molar-refractivity contribution >= 4 is 6.08 Å². The second-order valence-corrected chi connectivity index (χ2v) is 4.93. The first-order chi connectivity index (χ1) is 7.80. The number of hydrogen-bond acceptors (Lipinski definition) is 3. The van der Waals surface area contributed by atoms with Crippen molar-refractivity contribution in [3.05, 3.63) is 36.2 Å². The summed E-state index contributed by atoms with van der Waals surface area (Å²) in [6.07, 6.45) is 3.72. The minimum absolute atomic E-state index is 0.508. The van der Waals surface area contributed by atoms with Gasteiger partial charge >= 0.3 is 0 Å². The SMILES string of the molecule is C=Cc1ccc(CN2CC3(COC3)C2)cn1. The first-order valence-electron chi connectivity index (χ1n) is 5.67. The van der Waals surface area contributed by atoms with Gasteiger partial charge in [-0.15, -0.1) is 0 Å². The van der Waals surface area contributed by atoms with Crippen molar-refractivity contribution in [1.29, 1.82) is 0 Å². The molecule has 0 aliphatic carbocycles. The lowest BCUT2D eigenvalue weighted by atomic mass is 9.78. The van der Waals surface area contributed by atoms with Crippen LogP contribution < -0.4 is 0 Å². The van der Waals surface area contributed by atoms with E-state index in [0.29, 0.717) is 5.41 Å². The molecule has 0 atom stereocenters. The second-order valence-electron chi connectivity index (χ2n) is 4.93. The third-order valence-electron chi connectivity index (χ3n) is 3.40. The van der Waals surface area contributed by atoms with Gasteiger partial charge in [0.05, 0.1) is 18.9 Å². The van der Waals surface area contributed by atoms with E-state index in [1.165, 1.54) is 18.7 Å². The molecule has 3 heterocycles. The summed E-state index contributed by atoms with van der Waals surface area (Å²) in [5.41, 5.74) is 2.73. The Hall–Kier alpha value is -1.19. The Labute approximate surface area is 95.7 Å². The first-order valence-corrected chi connectivity index (χ1v) is 5.67. The van der Waals surface area contributed by atoms with Crippen LogP contribution in [0.4, 0.5) is 0 Å². The summed E-state index contributed by atoms with van der Waals surface area (Å²) in [6, 6.07) is 4.15. The molecule has 2 aliphatic rings. The van der Waals surface area contributed by atoms with Gasteiger partial charge in [0, 0.05) is 31.2 Å². The van der Waals surface area contributed by atoms with Crippen LogP contribution in [-0.4, -0.2) is 36.2 Å². The molecular formula is C13H16N2O. The Bertz CT molecular complexity index is 387. The molecule has 3 nitrogen and oxygen atoms in total. The van der Waals surface area contributed by atoms with Gasteiger partial charge in [-0.25, -0.2) is 0 Å². The molecule has 0 amide bonds. The Balaban J connectivity index is 1.56. The van der Waals surface area contributed by atoms with Gasteiger partial charge in [-0.1, -0.05) is 12.6 Å². The van der Waals surface area contributed by atoms with E-state index in [4.69, 9.17) is 4.74 Å². The quantitative estimate of drug-likeness (QED) is 0.766. The average Bonchev–Trinajstić information content (AvgIpc) is 2.21. The Morgan fingerprint density at radius 3 is 2.75 bits per heavy atom. The highest BCUT2D eigenvalue weighted by molar-refractivity contribution is 5.41. The van der Waals surface area contributed by atoms with Crippen molar-refractivity contribution in [2.75, 3.05) is 26.3 Å². The van der Waals surface area contributed by atoms with Crippen molar-refractivity contribution < 1.29 is 4.74 Å². The van der Waals surface area contributed by atoms with Gasteiger partial charge in [-0.3, -0.25) is 9.88 Å². The molecule has 2 saturated heterocycles. The third-order valence-corrected chi connectivity index (χ3v) is 3.40. The highest BCUT2D eigenvalue weighted by Crippen LogP contribution is 2.38. The molecular weight excluding hydrogens is 200 g/mol. The highest BCUT2D eigenvalue weighted by Gasteiger charge is 2.48. The fraction of sp³-hybridized carbons (Fsp3) is 0.462. The standard InChI is InChI=1S/C13H16N2O/c1-2-12-4-3-11(5-14-12)6-15-7-13(8-15)9-16-10-13/h2-5H,1,6-10H2. The monoisotopic (exact) mass is 216 g/mol. The lowest BCUT2D eigenvalue weighted by Crippen LogP contribution is -2.65. The minimum Gasteiger partial charge on any atom is -0.380 e. The summed E-state index contributed by atoms with van der Waals surface area (Å²) >= 11 is 0. The maximum absolute atomic E-state index is 5.26. The van der Waals surface area contributed by atoms with E-state index >= 15 is 0 Å². The smallest absolute Gasteiger partial charge is 0.0623 e. The van der Waals surface area contributed by atoms with Crippen LogP contribution in [0.3, 0.4) is 0 Å². The van der Waals surface area contributed by atoms with Crippen molar-refractivity contribution in [2.24, 2.45) is 5.41 Å². The van der Waals surface area contributed by atoms with Gasteiger partial charge in [0.25, 0.3) is 0 Å². The van der Waals surface area contributed by atoms with Gasteiger partial charge in [0.2, 0.25) is 0 Å². The zero-order valence-electron chi connectivity index (χ0n) is 9.35. The predicted molar refractivity (Wildman–Crippen MR) is 62.9 cm³/mol. The molecule has 1 aromatic heterocycles. The van der Waals surface area contributed by atoms with Gasteiger partial charge < -0.3 is 4.74 Å². The maximum Gasteiger partial charge on any atom is 0.0623 e. The normalized spacial score (nSPS) is 22.5. The number of rotatable bonds is 3. The third kappa shape index (κ3) is 1.66. The molecule has 16 heavy (non-hydrogen) atoms. The first kappa shape index (κ1) is 10.00. The van der Waals surface area contributed by atoms with E-state index in [0.717, 1.165) is 25.5 Å². The zero-order chi connectivity index (χ0) is 11.0. The molecule has 0 bridgehead atoms. The van der Waals surface area contributed by atoms with Gasteiger partial charge in [0.1, 0.15) is 0 Å². The molecule has 0 aromatic carbocycles. The van der Waals surface area contributed by atoms with E-state index in [1.54, 1.807) is 6.08 Å². The molecule has 3 heteroatoms. The van der Waals surface area contributed by atoms with E-state index in [9.17, 15) is 0 Å². The topological polar surface area (TPSA) is 25.4 Å². The van der Waals surface area contributed by atoms with Crippen LogP contribution in [0.1, 0.15) is 11.3 Å². The van der Waals surface area contributed by atoms with E-state index < -0.39 is 0 Å². The van der Waals surface area contributed by atoms with Crippen molar-refractivity contribution in [1.82, 2.24) is 9.88 Å². The Morgan fingerprint density at radius 2 is 2.25 bits per heavy atom. The molecule has 0 saturated carbocycles. The van der Waals surface area contributed by atoms with Crippen molar-refractivity contribution in [3.8, 4) is 0 Å². The van der Waals surface area contributed by atoms with E-state index in [1.807, 2.05) is 12.3 Å². The van der Waals surface area contributed by atoms with Gasteiger partial charge in [-0.05, 0) is 17.7 Å². The summed E-state index contributed by atoms with van der Waals surface area (Å²) in [4.78, 5) is 6.76. The fourth-order valence-electron chi connectivity index (χ4n) is 2.50. The van der Waals surface area contributed by atoms with Crippen LogP contribution in [0.15, 0.2) is 24.9 Å². The van der Waals surface area contributed by atoms with Gasteiger partial charge in [0.15, 0.2) is 0 Å². The molecule has 1 spiro atoms. The van der Waals surface area contributed by atoms with Gasteiger partial charge in [-0.2, -0.15) is 0 Å². The number of aromatic nitrogens is 1. The van der Waals surface area contributed by atoms with Crippen LogP contribution in [0.2, 0.25) is 0 Å².